The van der Waals surface area contributed by atoms with E-state index in [0.29, 0.717) is 11.1 Å². The van der Waals surface area contributed by atoms with Crippen molar-refractivity contribution in [1.82, 2.24) is 10.0 Å². The smallest absolute Gasteiger partial charge is 0.274 e. The van der Waals surface area contributed by atoms with E-state index in [4.69, 9.17) is 4.84 Å². The van der Waals surface area contributed by atoms with E-state index in [1.165, 1.54) is 12.2 Å². The maximum absolute atomic E-state index is 12.0. The van der Waals surface area contributed by atoms with Gasteiger partial charge in [0.1, 0.15) is 0 Å². The summed E-state index contributed by atoms with van der Waals surface area (Å²) in [7, 11) is 3.03. The van der Waals surface area contributed by atoms with Gasteiger partial charge in [0.15, 0.2) is 0 Å². The summed E-state index contributed by atoms with van der Waals surface area (Å²) in [5.74, 6) is -0.202. The van der Waals surface area contributed by atoms with Crippen LogP contribution >= 0.6 is 0 Å². The van der Waals surface area contributed by atoms with Gasteiger partial charge in [0.2, 0.25) is 0 Å². The second kappa shape index (κ2) is 4.28. The van der Waals surface area contributed by atoms with E-state index >= 15 is 0 Å². The number of carbonyl (C=O) groups excluding carboxylic acids is 1. The first-order valence-electron chi connectivity index (χ1n) is 4.90. The molecular weight excluding hydrogens is 204 g/mol. The number of fused-ring (bicyclic) bond motifs is 1. The third kappa shape index (κ3) is 1.75. The Kier molecular flexibility index (Phi) is 2.83. The lowest BCUT2D eigenvalue weighted by Gasteiger charge is -2.14. The Morgan fingerprint density at radius 1 is 1.31 bits per heavy atom. The van der Waals surface area contributed by atoms with E-state index in [-0.39, 0.29) is 5.91 Å². The third-order valence-corrected chi connectivity index (χ3v) is 2.42. The van der Waals surface area contributed by atoms with Gasteiger partial charge in [-0.2, -0.15) is 0 Å². The number of rotatable bonds is 2. The molecule has 2 aromatic rings. The third-order valence-electron chi connectivity index (χ3n) is 2.42. The van der Waals surface area contributed by atoms with Crippen molar-refractivity contribution in [3.63, 3.8) is 0 Å². The van der Waals surface area contributed by atoms with Gasteiger partial charge in [-0.1, -0.05) is 18.2 Å². The Morgan fingerprint density at radius 3 is 2.81 bits per heavy atom. The van der Waals surface area contributed by atoms with Crippen molar-refractivity contribution in [3.05, 3.63) is 42.1 Å². The van der Waals surface area contributed by atoms with E-state index < -0.39 is 0 Å². The highest BCUT2D eigenvalue weighted by Gasteiger charge is 2.14. The van der Waals surface area contributed by atoms with Gasteiger partial charge in [-0.3, -0.25) is 14.6 Å². The minimum absolute atomic E-state index is 0.202. The van der Waals surface area contributed by atoms with Crippen LogP contribution in [0.4, 0.5) is 0 Å². The Bertz CT molecular complexity index is 520. The maximum Gasteiger partial charge on any atom is 0.279 e. The van der Waals surface area contributed by atoms with Crippen molar-refractivity contribution in [2.24, 2.45) is 0 Å². The van der Waals surface area contributed by atoms with Gasteiger partial charge >= 0.3 is 0 Å². The molecule has 0 spiro atoms. The first-order chi connectivity index (χ1) is 7.74. The van der Waals surface area contributed by atoms with Crippen LogP contribution < -0.4 is 0 Å². The minimum atomic E-state index is -0.202. The number of hydrogen-bond acceptors (Lipinski definition) is 3. The highest BCUT2D eigenvalue weighted by Crippen LogP contribution is 2.17. The predicted molar refractivity (Wildman–Crippen MR) is 60.8 cm³/mol. The largest absolute Gasteiger partial charge is 0.279 e. The summed E-state index contributed by atoms with van der Waals surface area (Å²) >= 11 is 0. The molecule has 0 N–H and O–H groups in total. The van der Waals surface area contributed by atoms with E-state index in [0.717, 1.165) is 5.39 Å². The molecule has 16 heavy (non-hydrogen) atoms. The molecule has 0 aliphatic rings. The molecule has 1 aromatic carbocycles. The Labute approximate surface area is 93.4 Å². The molecule has 1 heterocycles. The number of hydrogen-bond donors (Lipinski definition) is 0. The van der Waals surface area contributed by atoms with E-state index in [1.54, 1.807) is 19.3 Å². The molecule has 0 saturated carbocycles. The van der Waals surface area contributed by atoms with E-state index in [1.807, 2.05) is 24.3 Å². The second-order valence-electron chi connectivity index (χ2n) is 3.37. The SMILES string of the molecule is CON(C)C(=O)c1cccc2cccnc12. The number of nitrogens with zero attached hydrogens (tertiary/aromatic N) is 2. The van der Waals surface area contributed by atoms with Crippen molar-refractivity contribution < 1.29 is 9.63 Å². The monoisotopic (exact) mass is 216 g/mol. The summed E-state index contributed by atoms with van der Waals surface area (Å²) in [6, 6.07) is 9.27. The van der Waals surface area contributed by atoms with E-state index in [9.17, 15) is 4.79 Å². The molecule has 0 radical (unpaired) electrons. The zero-order valence-electron chi connectivity index (χ0n) is 9.18. The van der Waals surface area contributed by atoms with E-state index in [2.05, 4.69) is 4.98 Å². The normalized spacial score (nSPS) is 10.4. The Morgan fingerprint density at radius 2 is 2.06 bits per heavy atom. The minimum Gasteiger partial charge on any atom is -0.274 e. The van der Waals surface area contributed by atoms with Gasteiger partial charge in [0.05, 0.1) is 18.2 Å². The van der Waals surface area contributed by atoms with Crippen LogP contribution in [0.1, 0.15) is 10.4 Å². The van der Waals surface area contributed by atoms with Crippen LogP contribution in [0.15, 0.2) is 36.5 Å². The van der Waals surface area contributed by atoms with Crippen molar-refractivity contribution >= 4 is 16.8 Å². The topological polar surface area (TPSA) is 42.4 Å². The molecule has 1 aromatic heterocycles. The zero-order chi connectivity index (χ0) is 11.5. The fourth-order valence-corrected chi connectivity index (χ4v) is 1.53. The molecule has 0 saturated heterocycles. The first-order valence-corrected chi connectivity index (χ1v) is 4.90. The fraction of sp³-hybridized carbons (Fsp3) is 0.167. The summed E-state index contributed by atoms with van der Waals surface area (Å²) in [5.41, 5.74) is 1.24. The van der Waals surface area contributed by atoms with Crippen LogP contribution in [-0.2, 0) is 4.84 Å². The van der Waals surface area contributed by atoms with Crippen LogP contribution in [0.2, 0.25) is 0 Å². The number of para-hydroxylation sites is 1. The zero-order valence-corrected chi connectivity index (χ0v) is 9.18. The molecule has 0 unspecified atom stereocenters. The number of amides is 1. The molecule has 0 fully saturated rings. The first kappa shape index (κ1) is 10.6. The molecule has 2 rings (SSSR count). The molecule has 0 aliphatic carbocycles. The number of hydroxylamine groups is 2. The van der Waals surface area contributed by atoms with Crippen LogP contribution in [0.3, 0.4) is 0 Å². The molecule has 0 atom stereocenters. The standard InChI is InChI=1S/C12H12N2O2/c1-14(16-2)12(15)10-7-3-5-9-6-4-8-13-11(9)10/h3-8H,1-2H3. The average molecular weight is 216 g/mol. The molecule has 1 amide bonds. The average Bonchev–Trinajstić information content (AvgIpc) is 2.36. The number of benzene rings is 1. The van der Waals surface area contributed by atoms with Gasteiger partial charge in [0, 0.05) is 18.6 Å². The Hall–Kier alpha value is -1.94. The van der Waals surface area contributed by atoms with Crippen LogP contribution in [0, 0.1) is 0 Å². The van der Waals surface area contributed by atoms with Crippen molar-refractivity contribution in [2.75, 3.05) is 14.2 Å². The van der Waals surface area contributed by atoms with Crippen LogP contribution in [-0.4, -0.2) is 30.1 Å². The lowest BCUT2D eigenvalue weighted by molar-refractivity contribution is -0.0755. The molecule has 0 aliphatic heterocycles. The van der Waals surface area contributed by atoms with Gasteiger partial charge in [0.25, 0.3) is 5.91 Å². The van der Waals surface area contributed by atoms with Gasteiger partial charge in [-0.05, 0) is 12.1 Å². The second-order valence-corrected chi connectivity index (χ2v) is 3.37. The molecule has 82 valence electrons. The van der Waals surface area contributed by atoms with Gasteiger partial charge < -0.3 is 0 Å². The lowest BCUT2D eigenvalue weighted by atomic mass is 10.1. The number of carbonyl (C=O) groups is 1. The molecule has 4 nitrogen and oxygen atoms in total. The van der Waals surface area contributed by atoms with Crippen molar-refractivity contribution in [2.45, 2.75) is 0 Å². The molecule has 4 heteroatoms. The highest BCUT2D eigenvalue weighted by molar-refractivity contribution is 6.04. The number of pyridine rings is 1. The van der Waals surface area contributed by atoms with Gasteiger partial charge in [-0.15, -0.1) is 0 Å². The van der Waals surface area contributed by atoms with Crippen molar-refractivity contribution in [1.29, 1.82) is 0 Å². The number of aromatic nitrogens is 1. The molecular formula is C12H12N2O2. The van der Waals surface area contributed by atoms with Crippen LogP contribution in [0.25, 0.3) is 10.9 Å². The fourth-order valence-electron chi connectivity index (χ4n) is 1.53. The molecule has 0 bridgehead atoms. The highest BCUT2D eigenvalue weighted by atomic mass is 16.7. The van der Waals surface area contributed by atoms with Gasteiger partial charge in [-0.25, -0.2) is 5.06 Å². The summed E-state index contributed by atoms with van der Waals surface area (Å²) < 4.78 is 0. The summed E-state index contributed by atoms with van der Waals surface area (Å²) in [6.45, 7) is 0. The quantitative estimate of drug-likeness (QED) is 0.720. The Balaban J connectivity index is 2.56. The summed E-state index contributed by atoms with van der Waals surface area (Å²) in [6.07, 6.45) is 1.67. The maximum atomic E-state index is 12.0. The predicted octanol–water partition coefficient (Wildman–Crippen LogP) is 1.87. The summed E-state index contributed by atoms with van der Waals surface area (Å²) in [5, 5.41) is 2.13. The summed E-state index contributed by atoms with van der Waals surface area (Å²) in [4.78, 5) is 21.0. The van der Waals surface area contributed by atoms with Crippen molar-refractivity contribution in [3.8, 4) is 0 Å². The lowest BCUT2D eigenvalue weighted by Crippen LogP contribution is -2.25. The van der Waals surface area contributed by atoms with Crippen LogP contribution in [0.5, 0.6) is 0 Å².